The van der Waals surface area contributed by atoms with Gasteiger partial charge in [-0.3, -0.25) is 0 Å². The monoisotopic (exact) mass is 308 g/mol. The number of hydrogen-bond donors (Lipinski definition) is 1. The summed E-state index contributed by atoms with van der Waals surface area (Å²) in [6.45, 7) is 1.88. The largest absolute Gasteiger partial charge is 0.461 e. The minimum Gasteiger partial charge on any atom is -0.461 e. The zero-order valence-corrected chi connectivity index (χ0v) is 12.7. The third-order valence-corrected chi connectivity index (χ3v) is 3.56. The number of nitrogens with zero attached hydrogens (tertiary/aromatic N) is 1. The fourth-order valence-electron chi connectivity index (χ4n) is 2.46. The average Bonchev–Trinajstić information content (AvgIpc) is 2.86. The lowest BCUT2D eigenvalue weighted by molar-refractivity contribution is -0.141. The molecule has 0 saturated carbocycles. The van der Waals surface area contributed by atoms with Crippen LogP contribution in [0.2, 0.25) is 0 Å². The summed E-state index contributed by atoms with van der Waals surface area (Å²) in [7, 11) is 0. The Bertz CT molecular complexity index is 750. The number of anilines is 1. The normalized spacial score (nSPS) is 19.7. The molecule has 2 aromatic rings. The first-order chi connectivity index (χ1) is 11.1. The maximum atomic E-state index is 11.7. The van der Waals surface area contributed by atoms with Gasteiger partial charge < -0.3 is 14.8 Å². The first-order valence-electron chi connectivity index (χ1n) is 7.39. The molecule has 2 unspecified atom stereocenters. The molecule has 1 heterocycles. The summed E-state index contributed by atoms with van der Waals surface area (Å²) < 4.78 is 10.9. The van der Waals surface area contributed by atoms with Crippen LogP contribution in [0, 0.1) is 11.3 Å². The third-order valence-electron chi connectivity index (χ3n) is 3.56. The average molecular weight is 308 g/mol. The minimum absolute atomic E-state index is 0.0573. The molecule has 2 atom stereocenters. The Labute approximate surface area is 134 Å². The van der Waals surface area contributed by atoms with E-state index < -0.39 is 0 Å². The summed E-state index contributed by atoms with van der Waals surface area (Å²) in [6.07, 6.45) is 0.595. The molecule has 0 aromatic heterocycles. The molecule has 116 valence electrons. The van der Waals surface area contributed by atoms with Crippen LogP contribution in [0.5, 0.6) is 11.5 Å². The molecule has 0 aliphatic carbocycles. The zero-order chi connectivity index (χ0) is 16.2. The number of ether oxygens (including phenoxy) is 2. The summed E-state index contributed by atoms with van der Waals surface area (Å²) >= 11 is 0. The van der Waals surface area contributed by atoms with Crippen molar-refractivity contribution < 1.29 is 14.3 Å². The lowest BCUT2D eigenvalue weighted by Crippen LogP contribution is -2.24. The standard InChI is InChI=1S/C18H16N2O3/c1-12-9-17(18(21)22-12)20-14-3-2-4-16(10-14)23-15-7-5-13(11-19)6-8-15/h2-8,10,12,17,20H,9H2,1H3. The predicted molar refractivity (Wildman–Crippen MR) is 85.3 cm³/mol. The van der Waals surface area contributed by atoms with Crippen molar-refractivity contribution in [3.05, 3.63) is 54.1 Å². The second-order valence-corrected chi connectivity index (χ2v) is 5.45. The molecule has 1 fully saturated rings. The molecule has 5 nitrogen and oxygen atoms in total. The Balaban J connectivity index is 1.69. The van der Waals surface area contributed by atoms with Crippen molar-refractivity contribution in [1.82, 2.24) is 0 Å². The molecule has 0 radical (unpaired) electrons. The summed E-state index contributed by atoms with van der Waals surface area (Å²) in [5.74, 6) is 1.07. The quantitative estimate of drug-likeness (QED) is 0.876. The highest BCUT2D eigenvalue weighted by molar-refractivity contribution is 5.81. The van der Waals surface area contributed by atoms with Crippen LogP contribution in [0.25, 0.3) is 0 Å². The fraction of sp³-hybridized carbons (Fsp3) is 0.222. The van der Waals surface area contributed by atoms with Gasteiger partial charge in [0.05, 0.1) is 11.6 Å². The van der Waals surface area contributed by atoms with E-state index in [1.807, 2.05) is 31.2 Å². The van der Waals surface area contributed by atoms with Crippen molar-refractivity contribution in [2.45, 2.75) is 25.5 Å². The second kappa shape index (κ2) is 6.41. The Morgan fingerprint density at radius 2 is 2.00 bits per heavy atom. The first-order valence-corrected chi connectivity index (χ1v) is 7.39. The van der Waals surface area contributed by atoms with Crippen molar-refractivity contribution in [2.24, 2.45) is 0 Å². The maximum absolute atomic E-state index is 11.7. The highest BCUT2D eigenvalue weighted by atomic mass is 16.6. The molecule has 0 bridgehead atoms. The number of cyclic esters (lactones) is 1. The Kier molecular flexibility index (Phi) is 4.15. The van der Waals surface area contributed by atoms with Gasteiger partial charge in [0.25, 0.3) is 0 Å². The number of carbonyl (C=O) groups excluding carboxylic acids is 1. The van der Waals surface area contributed by atoms with Crippen molar-refractivity contribution in [2.75, 3.05) is 5.32 Å². The zero-order valence-electron chi connectivity index (χ0n) is 12.7. The van der Waals surface area contributed by atoms with Gasteiger partial charge in [0, 0.05) is 18.2 Å². The number of benzene rings is 2. The molecule has 2 aromatic carbocycles. The van der Waals surface area contributed by atoms with E-state index in [9.17, 15) is 4.79 Å². The van der Waals surface area contributed by atoms with E-state index in [2.05, 4.69) is 11.4 Å². The van der Waals surface area contributed by atoms with Gasteiger partial charge in [0.15, 0.2) is 0 Å². The van der Waals surface area contributed by atoms with Crippen LogP contribution in [-0.4, -0.2) is 18.1 Å². The highest BCUT2D eigenvalue weighted by Gasteiger charge is 2.31. The van der Waals surface area contributed by atoms with Crippen LogP contribution < -0.4 is 10.1 Å². The summed E-state index contributed by atoms with van der Waals surface area (Å²) in [5, 5.41) is 12.0. The van der Waals surface area contributed by atoms with Gasteiger partial charge in [-0.15, -0.1) is 0 Å². The smallest absolute Gasteiger partial charge is 0.328 e. The Morgan fingerprint density at radius 3 is 2.65 bits per heavy atom. The molecular formula is C18H16N2O3. The molecule has 1 saturated heterocycles. The van der Waals surface area contributed by atoms with Gasteiger partial charge >= 0.3 is 5.97 Å². The Hall–Kier alpha value is -3.00. The van der Waals surface area contributed by atoms with Crippen LogP contribution in [-0.2, 0) is 9.53 Å². The van der Waals surface area contributed by atoms with Gasteiger partial charge in [-0.2, -0.15) is 5.26 Å². The number of hydrogen-bond acceptors (Lipinski definition) is 5. The Morgan fingerprint density at radius 1 is 1.22 bits per heavy atom. The summed E-state index contributed by atoms with van der Waals surface area (Å²) in [6, 6.07) is 16.0. The number of nitriles is 1. The van der Waals surface area contributed by atoms with Crippen LogP contribution in [0.1, 0.15) is 18.9 Å². The van der Waals surface area contributed by atoms with E-state index in [1.165, 1.54) is 0 Å². The number of esters is 1. The number of nitrogens with one attached hydrogen (secondary N) is 1. The van der Waals surface area contributed by atoms with Gasteiger partial charge in [0.1, 0.15) is 23.6 Å². The van der Waals surface area contributed by atoms with Gasteiger partial charge in [0.2, 0.25) is 0 Å². The van der Waals surface area contributed by atoms with Crippen LogP contribution in [0.15, 0.2) is 48.5 Å². The molecule has 5 heteroatoms. The fourth-order valence-corrected chi connectivity index (χ4v) is 2.46. The van der Waals surface area contributed by atoms with Crippen LogP contribution in [0.3, 0.4) is 0 Å². The SMILES string of the molecule is CC1CC(Nc2cccc(Oc3ccc(C#N)cc3)c2)C(=O)O1. The van der Waals surface area contributed by atoms with Crippen molar-refractivity contribution in [3.63, 3.8) is 0 Å². The highest BCUT2D eigenvalue weighted by Crippen LogP contribution is 2.26. The van der Waals surface area contributed by atoms with E-state index in [1.54, 1.807) is 24.3 Å². The topological polar surface area (TPSA) is 71.3 Å². The lowest BCUT2D eigenvalue weighted by atomic mass is 10.1. The maximum Gasteiger partial charge on any atom is 0.328 e. The van der Waals surface area contributed by atoms with E-state index in [-0.39, 0.29) is 18.1 Å². The van der Waals surface area contributed by atoms with Gasteiger partial charge in [-0.25, -0.2) is 4.79 Å². The second-order valence-electron chi connectivity index (χ2n) is 5.45. The number of rotatable bonds is 4. The first kappa shape index (κ1) is 14.9. The molecule has 1 N–H and O–H groups in total. The van der Waals surface area contributed by atoms with Crippen molar-refractivity contribution in [3.8, 4) is 17.6 Å². The molecular weight excluding hydrogens is 292 g/mol. The van der Waals surface area contributed by atoms with E-state index in [4.69, 9.17) is 14.7 Å². The third kappa shape index (κ3) is 3.61. The van der Waals surface area contributed by atoms with Crippen molar-refractivity contribution >= 4 is 11.7 Å². The van der Waals surface area contributed by atoms with E-state index in [0.717, 1.165) is 5.69 Å². The number of carbonyl (C=O) groups is 1. The molecule has 0 amide bonds. The molecule has 1 aliphatic rings. The van der Waals surface area contributed by atoms with Crippen LogP contribution >= 0.6 is 0 Å². The van der Waals surface area contributed by atoms with E-state index in [0.29, 0.717) is 23.5 Å². The molecule has 3 rings (SSSR count). The molecule has 1 aliphatic heterocycles. The minimum atomic E-state index is -0.324. The molecule has 0 spiro atoms. The summed E-state index contributed by atoms with van der Waals surface area (Å²) in [4.78, 5) is 11.7. The van der Waals surface area contributed by atoms with Crippen LogP contribution in [0.4, 0.5) is 5.69 Å². The molecule has 23 heavy (non-hydrogen) atoms. The lowest BCUT2D eigenvalue weighted by Gasteiger charge is -2.12. The van der Waals surface area contributed by atoms with Gasteiger partial charge in [-0.05, 0) is 43.3 Å². The van der Waals surface area contributed by atoms with E-state index >= 15 is 0 Å². The predicted octanol–water partition coefficient (Wildman–Crippen LogP) is 3.47. The summed E-state index contributed by atoms with van der Waals surface area (Å²) in [5.41, 5.74) is 1.38. The van der Waals surface area contributed by atoms with Gasteiger partial charge in [-0.1, -0.05) is 6.07 Å². The van der Waals surface area contributed by atoms with Crippen molar-refractivity contribution in [1.29, 1.82) is 5.26 Å².